The molecule has 0 radical (unpaired) electrons. The molecule has 11 heavy (non-hydrogen) atoms. The Morgan fingerprint density at radius 1 is 1.55 bits per heavy atom. The molecule has 2 N–H and O–H groups in total. The van der Waals surface area contributed by atoms with Crippen LogP contribution in [-0.2, 0) is 0 Å². The van der Waals surface area contributed by atoms with Crippen molar-refractivity contribution in [1.82, 2.24) is 0 Å². The first-order valence-corrected chi connectivity index (χ1v) is 4.41. The van der Waals surface area contributed by atoms with E-state index in [9.17, 15) is 0 Å². The van der Waals surface area contributed by atoms with E-state index in [1.165, 1.54) is 0 Å². The van der Waals surface area contributed by atoms with Crippen LogP contribution in [-0.4, -0.2) is 6.04 Å². The van der Waals surface area contributed by atoms with E-state index in [-0.39, 0.29) is 5.41 Å². The zero-order valence-electron chi connectivity index (χ0n) is 8.06. The summed E-state index contributed by atoms with van der Waals surface area (Å²) >= 11 is 0. The van der Waals surface area contributed by atoms with Crippen LogP contribution in [0, 0.1) is 5.41 Å². The SMILES string of the molecule is C=CCCC(N)C(C)(C)CC. The zero-order valence-corrected chi connectivity index (χ0v) is 8.06. The van der Waals surface area contributed by atoms with E-state index in [1.54, 1.807) is 0 Å². The molecule has 0 bridgehead atoms. The van der Waals surface area contributed by atoms with Crippen LogP contribution in [0.15, 0.2) is 12.7 Å². The van der Waals surface area contributed by atoms with E-state index < -0.39 is 0 Å². The highest BCUT2D eigenvalue weighted by atomic mass is 14.7. The van der Waals surface area contributed by atoms with Crippen LogP contribution in [0.5, 0.6) is 0 Å². The number of hydrogen-bond acceptors (Lipinski definition) is 1. The smallest absolute Gasteiger partial charge is 0.00931 e. The summed E-state index contributed by atoms with van der Waals surface area (Å²) in [4.78, 5) is 0. The molecule has 0 aliphatic rings. The van der Waals surface area contributed by atoms with Gasteiger partial charge in [0.25, 0.3) is 0 Å². The minimum atomic E-state index is 0.281. The number of allylic oxidation sites excluding steroid dienone is 1. The molecule has 0 aliphatic carbocycles. The minimum absolute atomic E-state index is 0.281. The normalized spacial score (nSPS) is 14.5. The first kappa shape index (κ1) is 10.7. The Kier molecular flexibility index (Phi) is 4.43. The Morgan fingerprint density at radius 3 is 2.45 bits per heavy atom. The second-order valence-corrected chi connectivity index (χ2v) is 3.81. The highest BCUT2D eigenvalue weighted by molar-refractivity contribution is 4.82. The molecule has 0 aliphatic heterocycles. The fourth-order valence-corrected chi connectivity index (χ4v) is 0.950. The standard InChI is InChI=1S/C10H21N/c1-5-7-8-9(11)10(3,4)6-2/h5,9H,1,6-8,11H2,2-4H3. The summed E-state index contributed by atoms with van der Waals surface area (Å²) < 4.78 is 0. The van der Waals surface area contributed by atoms with E-state index in [0.717, 1.165) is 19.3 Å². The Labute approximate surface area is 70.7 Å². The number of hydrogen-bond donors (Lipinski definition) is 1. The lowest BCUT2D eigenvalue weighted by Crippen LogP contribution is -2.36. The molecular weight excluding hydrogens is 134 g/mol. The van der Waals surface area contributed by atoms with Gasteiger partial charge >= 0.3 is 0 Å². The van der Waals surface area contributed by atoms with Gasteiger partial charge in [0.2, 0.25) is 0 Å². The van der Waals surface area contributed by atoms with Gasteiger partial charge < -0.3 is 5.73 Å². The molecule has 0 heterocycles. The lowest BCUT2D eigenvalue weighted by Gasteiger charge is -2.30. The maximum atomic E-state index is 6.00. The van der Waals surface area contributed by atoms with Gasteiger partial charge in [0.1, 0.15) is 0 Å². The predicted octanol–water partition coefficient (Wildman–Crippen LogP) is 2.72. The molecule has 1 heteroatoms. The fraction of sp³-hybridized carbons (Fsp3) is 0.800. The quantitative estimate of drug-likeness (QED) is 0.607. The Morgan fingerprint density at radius 2 is 2.09 bits per heavy atom. The molecule has 0 aromatic rings. The number of rotatable bonds is 5. The van der Waals surface area contributed by atoms with E-state index >= 15 is 0 Å². The van der Waals surface area contributed by atoms with Crippen LogP contribution < -0.4 is 5.73 Å². The van der Waals surface area contributed by atoms with Gasteiger partial charge in [-0.3, -0.25) is 0 Å². The van der Waals surface area contributed by atoms with Gasteiger partial charge in [0.05, 0.1) is 0 Å². The summed E-state index contributed by atoms with van der Waals surface area (Å²) in [5.41, 5.74) is 6.28. The van der Waals surface area contributed by atoms with Crippen molar-refractivity contribution < 1.29 is 0 Å². The summed E-state index contributed by atoms with van der Waals surface area (Å²) in [6.07, 6.45) is 5.17. The van der Waals surface area contributed by atoms with Gasteiger partial charge in [-0.1, -0.05) is 26.8 Å². The summed E-state index contributed by atoms with van der Waals surface area (Å²) in [5, 5.41) is 0. The maximum absolute atomic E-state index is 6.00. The third kappa shape index (κ3) is 3.57. The van der Waals surface area contributed by atoms with Crippen molar-refractivity contribution in [2.75, 3.05) is 0 Å². The van der Waals surface area contributed by atoms with E-state index in [1.807, 2.05) is 6.08 Å². The molecule has 1 nitrogen and oxygen atoms in total. The van der Waals surface area contributed by atoms with Gasteiger partial charge in [0, 0.05) is 6.04 Å². The molecule has 0 rings (SSSR count). The van der Waals surface area contributed by atoms with Crippen molar-refractivity contribution in [2.24, 2.45) is 11.1 Å². The van der Waals surface area contributed by atoms with E-state index in [0.29, 0.717) is 6.04 Å². The number of nitrogens with two attached hydrogens (primary N) is 1. The van der Waals surface area contributed by atoms with Crippen LogP contribution in [0.25, 0.3) is 0 Å². The molecule has 1 atom stereocenters. The summed E-state index contributed by atoms with van der Waals surface area (Å²) in [7, 11) is 0. The second-order valence-electron chi connectivity index (χ2n) is 3.81. The van der Waals surface area contributed by atoms with Crippen molar-refractivity contribution in [3.63, 3.8) is 0 Å². The molecule has 1 unspecified atom stereocenters. The Bertz CT molecular complexity index is 116. The van der Waals surface area contributed by atoms with Crippen LogP contribution in [0.4, 0.5) is 0 Å². The second kappa shape index (κ2) is 4.55. The predicted molar refractivity (Wildman–Crippen MR) is 51.5 cm³/mol. The van der Waals surface area contributed by atoms with Gasteiger partial charge in [-0.2, -0.15) is 0 Å². The molecular formula is C10H21N. The van der Waals surface area contributed by atoms with Crippen molar-refractivity contribution in [3.05, 3.63) is 12.7 Å². The topological polar surface area (TPSA) is 26.0 Å². The zero-order chi connectivity index (χ0) is 8.91. The highest BCUT2D eigenvalue weighted by Crippen LogP contribution is 2.25. The highest BCUT2D eigenvalue weighted by Gasteiger charge is 2.22. The first-order valence-electron chi connectivity index (χ1n) is 4.41. The monoisotopic (exact) mass is 155 g/mol. The molecule has 0 aromatic heterocycles. The molecule has 0 fully saturated rings. The summed E-state index contributed by atoms with van der Waals surface area (Å²) in [5.74, 6) is 0. The lowest BCUT2D eigenvalue weighted by atomic mass is 9.80. The largest absolute Gasteiger partial charge is 0.327 e. The molecule has 66 valence electrons. The molecule has 0 saturated carbocycles. The lowest BCUT2D eigenvalue weighted by molar-refractivity contribution is 0.264. The summed E-state index contributed by atoms with van der Waals surface area (Å²) in [6.45, 7) is 10.3. The van der Waals surface area contributed by atoms with Crippen molar-refractivity contribution in [3.8, 4) is 0 Å². The van der Waals surface area contributed by atoms with Crippen molar-refractivity contribution in [2.45, 2.75) is 46.1 Å². The molecule has 0 aromatic carbocycles. The average Bonchev–Trinajstić information content (AvgIpc) is 2.00. The van der Waals surface area contributed by atoms with E-state index in [4.69, 9.17) is 5.73 Å². The Hall–Kier alpha value is -0.300. The van der Waals surface area contributed by atoms with Gasteiger partial charge in [-0.15, -0.1) is 6.58 Å². The first-order chi connectivity index (χ1) is 5.04. The molecule has 0 saturated heterocycles. The van der Waals surface area contributed by atoms with Crippen LogP contribution >= 0.6 is 0 Å². The molecule has 0 amide bonds. The average molecular weight is 155 g/mol. The van der Waals surface area contributed by atoms with Crippen LogP contribution in [0.1, 0.15) is 40.0 Å². The van der Waals surface area contributed by atoms with Gasteiger partial charge in [-0.25, -0.2) is 0 Å². The van der Waals surface area contributed by atoms with Crippen LogP contribution in [0.2, 0.25) is 0 Å². The van der Waals surface area contributed by atoms with Crippen molar-refractivity contribution in [1.29, 1.82) is 0 Å². The molecule has 0 spiro atoms. The Balaban J connectivity index is 3.80. The third-order valence-corrected chi connectivity index (χ3v) is 2.60. The van der Waals surface area contributed by atoms with Gasteiger partial charge in [-0.05, 0) is 24.7 Å². The van der Waals surface area contributed by atoms with Crippen LogP contribution in [0.3, 0.4) is 0 Å². The van der Waals surface area contributed by atoms with E-state index in [2.05, 4.69) is 27.4 Å². The minimum Gasteiger partial charge on any atom is -0.327 e. The third-order valence-electron chi connectivity index (χ3n) is 2.60. The maximum Gasteiger partial charge on any atom is 0.00931 e. The van der Waals surface area contributed by atoms with Gasteiger partial charge in [0.15, 0.2) is 0 Å². The summed E-state index contributed by atoms with van der Waals surface area (Å²) in [6, 6.07) is 0.311. The van der Waals surface area contributed by atoms with Crippen molar-refractivity contribution >= 4 is 0 Å². The fourth-order valence-electron chi connectivity index (χ4n) is 0.950.